The van der Waals surface area contributed by atoms with Crippen LogP contribution in [0.1, 0.15) is 23.8 Å². The van der Waals surface area contributed by atoms with Gasteiger partial charge in [0.25, 0.3) is 5.88 Å². The van der Waals surface area contributed by atoms with Gasteiger partial charge in [0.05, 0.1) is 6.07 Å². The summed E-state index contributed by atoms with van der Waals surface area (Å²) in [6.07, 6.45) is 5.32. The molecule has 0 amide bonds. The minimum atomic E-state index is 0.339. The van der Waals surface area contributed by atoms with E-state index in [1.807, 2.05) is 45.1 Å². The van der Waals surface area contributed by atoms with Crippen molar-refractivity contribution in [2.24, 2.45) is 5.16 Å². The Morgan fingerprint density at radius 1 is 1.08 bits per heavy atom. The number of nitrogens with zero attached hydrogens (tertiary/aromatic N) is 2. The van der Waals surface area contributed by atoms with Gasteiger partial charge in [0, 0.05) is 0 Å². The molecule has 0 saturated heterocycles. The van der Waals surface area contributed by atoms with Crippen molar-refractivity contribution >= 4 is 6.21 Å². The maximum Gasteiger partial charge on any atom is 0.254 e. The summed E-state index contributed by atoms with van der Waals surface area (Å²) < 4.78 is 22.0. The number of hydrogen-bond acceptors (Lipinski definition) is 7. The molecule has 1 heterocycles. The minimum absolute atomic E-state index is 0.339. The molecule has 0 fully saturated rings. The first-order chi connectivity index (χ1) is 12.6. The van der Waals surface area contributed by atoms with Crippen molar-refractivity contribution in [3.63, 3.8) is 0 Å². The van der Waals surface area contributed by atoms with Crippen LogP contribution in [0.5, 0.6) is 17.4 Å². The van der Waals surface area contributed by atoms with Gasteiger partial charge >= 0.3 is 0 Å². The highest BCUT2D eigenvalue weighted by molar-refractivity contribution is 5.75. The van der Waals surface area contributed by atoms with Crippen molar-refractivity contribution in [3.05, 3.63) is 47.2 Å². The first-order valence-electron chi connectivity index (χ1n) is 8.28. The molecule has 0 aliphatic carbocycles. The van der Waals surface area contributed by atoms with E-state index in [0.29, 0.717) is 31.5 Å². The SMILES string of the molecule is C/C=C/COc1cc(C)c(OCCOc2cc(/C=N/OC)on2)c(C)c1. The molecule has 7 nitrogen and oxygen atoms in total. The average molecular weight is 360 g/mol. The lowest BCUT2D eigenvalue weighted by Gasteiger charge is -2.14. The number of oxime groups is 1. The molecule has 0 bridgehead atoms. The molecule has 0 unspecified atom stereocenters. The molecule has 26 heavy (non-hydrogen) atoms. The smallest absolute Gasteiger partial charge is 0.254 e. The number of aromatic nitrogens is 1. The summed E-state index contributed by atoms with van der Waals surface area (Å²) in [5.74, 6) is 2.48. The van der Waals surface area contributed by atoms with Gasteiger partial charge in [-0.1, -0.05) is 17.3 Å². The number of hydrogen-bond donors (Lipinski definition) is 0. The maximum absolute atomic E-state index is 5.84. The van der Waals surface area contributed by atoms with E-state index in [4.69, 9.17) is 18.7 Å². The lowest BCUT2D eigenvalue weighted by atomic mass is 10.1. The summed E-state index contributed by atoms with van der Waals surface area (Å²) in [4.78, 5) is 4.57. The van der Waals surface area contributed by atoms with Gasteiger partial charge in [0.1, 0.15) is 44.6 Å². The highest BCUT2D eigenvalue weighted by Gasteiger charge is 2.08. The average Bonchev–Trinajstić information content (AvgIpc) is 3.06. The van der Waals surface area contributed by atoms with Crippen LogP contribution in [0.15, 0.2) is 40.0 Å². The molecule has 1 aromatic carbocycles. The molecule has 0 aliphatic rings. The van der Waals surface area contributed by atoms with Gasteiger partial charge in [-0.05, 0) is 49.2 Å². The van der Waals surface area contributed by atoms with Crippen molar-refractivity contribution in [3.8, 4) is 17.4 Å². The number of aryl methyl sites for hydroxylation is 2. The third-order valence-electron chi connectivity index (χ3n) is 3.39. The summed E-state index contributed by atoms with van der Waals surface area (Å²) in [6, 6.07) is 5.55. The predicted molar refractivity (Wildman–Crippen MR) is 98.3 cm³/mol. The number of rotatable bonds is 10. The molecule has 140 valence electrons. The molecular weight excluding hydrogens is 336 g/mol. The summed E-state index contributed by atoms with van der Waals surface area (Å²) in [7, 11) is 1.45. The van der Waals surface area contributed by atoms with Crippen molar-refractivity contribution in [2.45, 2.75) is 20.8 Å². The van der Waals surface area contributed by atoms with Crippen LogP contribution >= 0.6 is 0 Å². The van der Waals surface area contributed by atoms with E-state index in [9.17, 15) is 0 Å². The van der Waals surface area contributed by atoms with Gasteiger partial charge in [-0.25, -0.2) is 0 Å². The van der Waals surface area contributed by atoms with Crippen LogP contribution in [-0.2, 0) is 4.84 Å². The third-order valence-corrected chi connectivity index (χ3v) is 3.39. The van der Waals surface area contributed by atoms with Gasteiger partial charge in [-0.2, -0.15) is 0 Å². The van der Waals surface area contributed by atoms with Gasteiger partial charge in [0.15, 0.2) is 5.76 Å². The second-order valence-corrected chi connectivity index (χ2v) is 5.45. The Morgan fingerprint density at radius 2 is 1.81 bits per heavy atom. The van der Waals surface area contributed by atoms with Crippen molar-refractivity contribution < 1.29 is 23.6 Å². The molecule has 2 aromatic rings. The van der Waals surface area contributed by atoms with E-state index >= 15 is 0 Å². The largest absolute Gasteiger partial charge is 0.490 e. The summed E-state index contributed by atoms with van der Waals surface area (Å²) in [5, 5.41) is 7.36. The van der Waals surface area contributed by atoms with E-state index in [2.05, 4.69) is 15.1 Å². The van der Waals surface area contributed by atoms with Gasteiger partial charge in [0.2, 0.25) is 0 Å². The fraction of sp³-hybridized carbons (Fsp3) is 0.368. The van der Waals surface area contributed by atoms with Crippen LogP contribution in [0.3, 0.4) is 0 Å². The zero-order chi connectivity index (χ0) is 18.8. The van der Waals surface area contributed by atoms with Crippen LogP contribution in [0, 0.1) is 13.8 Å². The van der Waals surface area contributed by atoms with Gasteiger partial charge in [-0.3, -0.25) is 0 Å². The van der Waals surface area contributed by atoms with Crippen LogP contribution in [-0.4, -0.2) is 38.3 Å². The molecular formula is C19H24N2O5. The monoisotopic (exact) mass is 360 g/mol. The van der Waals surface area contributed by atoms with E-state index < -0.39 is 0 Å². The molecule has 0 aliphatic heterocycles. The number of benzene rings is 1. The van der Waals surface area contributed by atoms with Gasteiger partial charge in [-0.15, -0.1) is 0 Å². The Hall–Kier alpha value is -2.96. The van der Waals surface area contributed by atoms with Crippen LogP contribution in [0.25, 0.3) is 0 Å². The molecule has 0 spiro atoms. The lowest BCUT2D eigenvalue weighted by molar-refractivity contribution is 0.202. The first kappa shape index (κ1) is 19.4. The second kappa shape index (κ2) is 10.1. The summed E-state index contributed by atoms with van der Waals surface area (Å²) >= 11 is 0. The van der Waals surface area contributed by atoms with Crippen molar-refractivity contribution in [1.29, 1.82) is 0 Å². The molecule has 0 N–H and O–H groups in total. The number of ether oxygens (including phenoxy) is 3. The highest BCUT2D eigenvalue weighted by atomic mass is 16.6. The number of allylic oxidation sites excluding steroid dienone is 1. The normalized spacial score (nSPS) is 11.2. The second-order valence-electron chi connectivity index (χ2n) is 5.45. The summed E-state index contributed by atoms with van der Waals surface area (Å²) in [6.45, 7) is 7.22. The van der Waals surface area contributed by atoms with Gasteiger partial charge < -0.3 is 23.6 Å². The van der Waals surface area contributed by atoms with E-state index in [1.54, 1.807) is 6.07 Å². The molecule has 0 atom stereocenters. The predicted octanol–water partition coefficient (Wildman–Crippen LogP) is 3.68. The minimum Gasteiger partial charge on any atom is -0.490 e. The zero-order valence-electron chi connectivity index (χ0n) is 15.5. The van der Waals surface area contributed by atoms with E-state index in [1.165, 1.54) is 13.3 Å². The highest BCUT2D eigenvalue weighted by Crippen LogP contribution is 2.28. The fourth-order valence-corrected chi connectivity index (χ4v) is 2.26. The molecule has 2 rings (SSSR count). The first-order valence-corrected chi connectivity index (χ1v) is 8.28. The van der Waals surface area contributed by atoms with Crippen molar-refractivity contribution in [2.75, 3.05) is 26.9 Å². The molecule has 7 heteroatoms. The van der Waals surface area contributed by atoms with Crippen LogP contribution in [0.4, 0.5) is 0 Å². The van der Waals surface area contributed by atoms with Crippen molar-refractivity contribution in [1.82, 2.24) is 5.16 Å². The standard InChI is InChI=1S/C19H24N2O5/c1-5-6-7-23-16-10-14(2)19(15(3)11-16)25-9-8-24-18-12-17(26-21-18)13-20-22-4/h5-6,10-13H,7-9H2,1-4H3/b6-5+,20-13+. The zero-order valence-corrected chi connectivity index (χ0v) is 15.5. The Morgan fingerprint density at radius 3 is 2.50 bits per heavy atom. The van der Waals surface area contributed by atoms with E-state index in [-0.39, 0.29) is 0 Å². The third kappa shape index (κ3) is 5.84. The maximum atomic E-state index is 5.84. The fourth-order valence-electron chi connectivity index (χ4n) is 2.26. The Balaban J connectivity index is 1.83. The summed E-state index contributed by atoms with van der Waals surface area (Å²) in [5.41, 5.74) is 2.03. The quantitative estimate of drug-likeness (QED) is 0.278. The molecule has 1 aromatic heterocycles. The van der Waals surface area contributed by atoms with Crippen LogP contribution < -0.4 is 14.2 Å². The van der Waals surface area contributed by atoms with Crippen LogP contribution in [0.2, 0.25) is 0 Å². The topological polar surface area (TPSA) is 75.3 Å². The Kier molecular flexibility index (Phi) is 7.54. The molecule has 0 radical (unpaired) electrons. The van der Waals surface area contributed by atoms with E-state index in [0.717, 1.165) is 22.6 Å². The molecule has 0 saturated carbocycles. The Bertz CT molecular complexity index is 729. The lowest BCUT2D eigenvalue weighted by Crippen LogP contribution is -2.10. The Labute approximate surface area is 153 Å².